The number of benzene rings is 2. The number of amides is 2. The van der Waals surface area contributed by atoms with Crippen molar-refractivity contribution in [1.29, 1.82) is 0 Å². The number of carbonyl (C=O) groups excluding carboxylic acids is 2. The molecule has 134 valence electrons. The van der Waals surface area contributed by atoms with Gasteiger partial charge in [0.1, 0.15) is 5.71 Å². The molecule has 0 bridgehead atoms. The fourth-order valence-corrected chi connectivity index (χ4v) is 2.77. The van der Waals surface area contributed by atoms with Crippen LogP contribution >= 0.6 is 11.6 Å². The minimum atomic E-state index is -0.296. The molecule has 3 rings (SSSR count). The molecule has 1 unspecified atom stereocenters. The maximum atomic E-state index is 12.1. The van der Waals surface area contributed by atoms with Crippen molar-refractivity contribution >= 4 is 29.1 Å². The van der Waals surface area contributed by atoms with E-state index in [1.54, 1.807) is 24.3 Å². The van der Waals surface area contributed by atoms with Crippen LogP contribution in [0.3, 0.4) is 0 Å². The van der Waals surface area contributed by atoms with Gasteiger partial charge < -0.3 is 15.5 Å². The Morgan fingerprint density at radius 3 is 2.38 bits per heavy atom. The molecule has 0 fully saturated rings. The summed E-state index contributed by atoms with van der Waals surface area (Å²) in [5, 5.41) is 9.69. The van der Waals surface area contributed by atoms with Crippen LogP contribution in [0.5, 0.6) is 0 Å². The van der Waals surface area contributed by atoms with Gasteiger partial charge in [0.2, 0.25) is 0 Å². The second kappa shape index (κ2) is 8.49. The fraction of sp³-hybridized carbons (Fsp3) is 0.211. The number of rotatable bonds is 6. The van der Waals surface area contributed by atoms with Crippen molar-refractivity contribution in [2.75, 3.05) is 13.1 Å². The van der Waals surface area contributed by atoms with Gasteiger partial charge in [-0.15, -0.1) is 0 Å². The van der Waals surface area contributed by atoms with Gasteiger partial charge in [-0.05, 0) is 17.7 Å². The average Bonchev–Trinajstić information content (AvgIpc) is 3.16. The second-order valence-corrected chi connectivity index (χ2v) is 6.15. The summed E-state index contributed by atoms with van der Waals surface area (Å²) in [6, 6.07) is 16.4. The topological polar surface area (TPSA) is 79.8 Å². The van der Waals surface area contributed by atoms with Crippen molar-refractivity contribution in [3.8, 4) is 0 Å². The van der Waals surface area contributed by atoms with Gasteiger partial charge in [0.05, 0.1) is 10.6 Å². The van der Waals surface area contributed by atoms with Gasteiger partial charge in [0.25, 0.3) is 11.8 Å². The van der Waals surface area contributed by atoms with Gasteiger partial charge in [-0.2, -0.15) is 0 Å². The Kier molecular flexibility index (Phi) is 5.86. The highest BCUT2D eigenvalue weighted by Gasteiger charge is 2.26. The number of halogens is 1. The molecule has 2 aromatic rings. The Morgan fingerprint density at radius 2 is 1.65 bits per heavy atom. The van der Waals surface area contributed by atoms with E-state index >= 15 is 0 Å². The highest BCUT2D eigenvalue weighted by Crippen LogP contribution is 2.26. The number of nitrogens with one attached hydrogen (secondary N) is 2. The molecule has 0 aliphatic carbocycles. The molecule has 2 amide bonds. The molecule has 1 aliphatic rings. The monoisotopic (exact) mass is 371 g/mol. The average molecular weight is 372 g/mol. The molecule has 1 atom stereocenters. The first-order valence-electron chi connectivity index (χ1n) is 8.23. The van der Waals surface area contributed by atoms with Crippen molar-refractivity contribution < 1.29 is 14.4 Å². The van der Waals surface area contributed by atoms with E-state index in [1.807, 2.05) is 30.3 Å². The summed E-state index contributed by atoms with van der Waals surface area (Å²) < 4.78 is 0. The highest BCUT2D eigenvalue weighted by atomic mass is 35.5. The third-order valence-electron chi connectivity index (χ3n) is 3.92. The molecule has 0 saturated carbocycles. The Labute approximate surface area is 156 Å². The molecule has 0 radical (unpaired) electrons. The van der Waals surface area contributed by atoms with Gasteiger partial charge in [-0.25, -0.2) is 0 Å². The molecule has 26 heavy (non-hydrogen) atoms. The Hall–Kier alpha value is -2.86. The van der Waals surface area contributed by atoms with Crippen LogP contribution < -0.4 is 10.6 Å². The summed E-state index contributed by atoms with van der Waals surface area (Å²) in [7, 11) is 0. The van der Waals surface area contributed by atoms with Gasteiger partial charge in [0, 0.05) is 19.5 Å². The normalized spacial score (nSPS) is 15.7. The molecular weight excluding hydrogens is 354 g/mol. The summed E-state index contributed by atoms with van der Waals surface area (Å²) in [5.41, 5.74) is 1.72. The minimum absolute atomic E-state index is 0.239. The number of carbonyl (C=O) groups is 2. The predicted octanol–water partition coefficient (Wildman–Crippen LogP) is 2.70. The Morgan fingerprint density at radius 1 is 1.00 bits per heavy atom. The summed E-state index contributed by atoms with van der Waals surface area (Å²) in [6.07, 6.45) is 0.179. The van der Waals surface area contributed by atoms with Gasteiger partial charge in [-0.3, -0.25) is 9.59 Å². The van der Waals surface area contributed by atoms with Crippen LogP contribution in [0.2, 0.25) is 5.02 Å². The van der Waals surface area contributed by atoms with E-state index < -0.39 is 0 Å². The number of hydrogen-bond acceptors (Lipinski definition) is 4. The van der Waals surface area contributed by atoms with Crippen LogP contribution in [0.4, 0.5) is 0 Å². The van der Waals surface area contributed by atoms with E-state index in [0.29, 0.717) is 22.7 Å². The summed E-state index contributed by atoms with van der Waals surface area (Å²) in [6.45, 7) is 0.566. The molecule has 0 saturated heterocycles. The number of oxime groups is 1. The zero-order valence-electron chi connectivity index (χ0n) is 13.9. The standard InChI is InChI=1S/C19H18ClN3O3/c20-15-9-5-4-8-14(15)18(24)21-10-11-22-19(25)16-12-17(26-23-16)13-6-2-1-3-7-13/h1-9,17H,10-12H2,(H,21,24)(H,22,25). The zero-order valence-corrected chi connectivity index (χ0v) is 14.7. The van der Waals surface area contributed by atoms with E-state index in [0.717, 1.165) is 5.56 Å². The molecule has 7 heteroatoms. The molecule has 1 aliphatic heterocycles. The minimum Gasteiger partial charge on any atom is -0.387 e. The maximum absolute atomic E-state index is 12.1. The van der Waals surface area contributed by atoms with E-state index in [1.165, 1.54) is 0 Å². The SMILES string of the molecule is O=C(NCCNC(=O)c1ccccc1Cl)C1=NOC(c2ccccc2)C1. The lowest BCUT2D eigenvalue weighted by atomic mass is 10.0. The van der Waals surface area contributed by atoms with E-state index in [4.69, 9.17) is 16.4 Å². The first-order chi connectivity index (χ1) is 12.6. The molecule has 1 heterocycles. The third-order valence-corrected chi connectivity index (χ3v) is 4.25. The maximum Gasteiger partial charge on any atom is 0.269 e. The number of nitrogens with zero attached hydrogens (tertiary/aromatic N) is 1. The van der Waals surface area contributed by atoms with Crippen LogP contribution in [0.25, 0.3) is 0 Å². The van der Waals surface area contributed by atoms with Crippen LogP contribution in [0.15, 0.2) is 59.8 Å². The predicted molar refractivity (Wildman–Crippen MR) is 99.1 cm³/mol. The highest BCUT2D eigenvalue weighted by molar-refractivity contribution is 6.39. The number of hydrogen-bond donors (Lipinski definition) is 2. The van der Waals surface area contributed by atoms with Crippen molar-refractivity contribution in [1.82, 2.24) is 10.6 Å². The second-order valence-electron chi connectivity index (χ2n) is 5.74. The summed E-state index contributed by atoms with van der Waals surface area (Å²) in [5.74, 6) is -0.578. The van der Waals surface area contributed by atoms with Gasteiger partial charge >= 0.3 is 0 Å². The summed E-state index contributed by atoms with van der Waals surface area (Å²) in [4.78, 5) is 29.5. The molecular formula is C19H18ClN3O3. The van der Waals surface area contributed by atoms with Crippen LogP contribution in [0.1, 0.15) is 28.4 Å². The summed E-state index contributed by atoms with van der Waals surface area (Å²) >= 11 is 5.97. The van der Waals surface area contributed by atoms with Gasteiger partial charge in [0.15, 0.2) is 6.10 Å². The first-order valence-corrected chi connectivity index (χ1v) is 8.61. The quantitative estimate of drug-likeness (QED) is 0.766. The third kappa shape index (κ3) is 4.40. The molecule has 0 spiro atoms. The largest absolute Gasteiger partial charge is 0.387 e. The zero-order chi connectivity index (χ0) is 18.4. The lowest BCUT2D eigenvalue weighted by Crippen LogP contribution is -2.37. The Balaban J connectivity index is 1.41. The lowest BCUT2D eigenvalue weighted by Gasteiger charge is -2.08. The van der Waals surface area contributed by atoms with E-state index in [-0.39, 0.29) is 31.0 Å². The van der Waals surface area contributed by atoms with Crippen LogP contribution in [-0.2, 0) is 9.63 Å². The van der Waals surface area contributed by atoms with Gasteiger partial charge in [-0.1, -0.05) is 59.2 Å². The lowest BCUT2D eigenvalue weighted by molar-refractivity contribution is -0.114. The van der Waals surface area contributed by atoms with Crippen molar-refractivity contribution in [2.45, 2.75) is 12.5 Å². The van der Waals surface area contributed by atoms with Crippen molar-refractivity contribution in [2.24, 2.45) is 5.16 Å². The Bertz CT molecular complexity index is 824. The van der Waals surface area contributed by atoms with Crippen LogP contribution in [-0.4, -0.2) is 30.6 Å². The molecule has 0 aromatic heterocycles. The smallest absolute Gasteiger partial charge is 0.269 e. The first kappa shape index (κ1) is 17.9. The van der Waals surface area contributed by atoms with Crippen LogP contribution in [0, 0.1) is 0 Å². The molecule has 2 aromatic carbocycles. The van der Waals surface area contributed by atoms with Crippen molar-refractivity contribution in [3.05, 3.63) is 70.7 Å². The fourth-order valence-electron chi connectivity index (χ4n) is 2.55. The van der Waals surface area contributed by atoms with Crippen molar-refractivity contribution in [3.63, 3.8) is 0 Å². The molecule has 6 nitrogen and oxygen atoms in total. The van der Waals surface area contributed by atoms with E-state index in [2.05, 4.69) is 15.8 Å². The molecule has 2 N–H and O–H groups in total. The van der Waals surface area contributed by atoms with E-state index in [9.17, 15) is 9.59 Å².